The van der Waals surface area contributed by atoms with Gasteiger partial charge in [0, 0.05) is 11.8 Å². The predicted molar refractivity (Wildman–Crippen MR) is 102 cm³/mol. The number of ether oxygens (including phenoxy) is 2. The summed E-state index contributed by atoms with van der Waals surface area (Å²) in [6, 6.07) is 14.7. The average molecular weight is 353 g/mol. The number of carbonyl (C=O) groups excluding carboxylic acids is 2. The van der Waals surface area contributed by atoms with Crippen molar-refractivity contribution in [1.82, 2.24) is 0 Å². The molecule has 136 valence electrons. The van der Waals surface area contributed by atoms with Gasteiger partial charge in [-0.2, -0.15) is 0 Å². The van der Waals surface area contributed by atoms with Crippen LogP contribution in [0, 0.1) is 6.92 Å². The van der Waals surface area contributed by atoms with Crippen molar-refractivity contribution >= 4 is 23.6 Å². The Kier molecular flexibility index (Phi) is 6.97. The normalized spacial score (nSPS) is 11.8. The first kappa shape index (κ1) is 19.2. The third kappa shape index (κ3) is 6.09. The summed E-state index contributed by atoms with van der Waals surface area (Å²) < 4.78 is 10.5. The quantitative estimate of drug-likeness (QED) is 0.604. The van der Waals surface area contributed by atoms with Crippen LogP contribution < -0.4 is 10.1 Å². The second kappa shape index (κ2) is 9.42. The summed E-state index contributed by atoms with van der Waals surface area (Å²) in [4.78, 5) is 24.0. The molecule has 2 rings (SSSR count). The molecule has 0 aliphatic heterocycles. The predicted octanol–water partition coefficient (Wildman–Crippen LogP) is 3.98. The summed E-state index contributed by atoms with van der Waals surface area (Å²) in [5.41, 5.74) is 2.64. The molecule has 2 aromatic carbocycles. The Bertz CT molecular complexity index is 764. The molecule has 5 nitrogen and oxygen atoms in total. The highest BCUT2D eigenvalue weighted by Gasteiger charge is 2.16. The lowest BCUT2D eigenvalue weighted by atomic mass is 10.1. The van der Waals surface area contributed by atoms with E-state index in [1.54, 1.807) is 30.3 Å². The molecule has 26 heavy (non-hydrogen) atoms. The van der Waals surface area contributed by atoms with Crippen LogP contribution in [0.1, 0.15) is 25.0 Å². The van der Waals surface area contributed by atoms with Gasteiger partial charge in [0.05, 0.1) is 6.61 Å². The zero-order chi connectivity index (χ0) is 18.9. The topological polar surface area (TPSA) is 64.6 Å². The molecule has 0 radical (unpaired) electrons. The molecule has 1 atom stereocenters. The average Bonchev–Trinajstić information content (AvgIpc) is 2.63. The van der Waals surface area contributed by atoms with Crippen LogP contribution in [-0.4, -0.2) is 24.6 Å². The molecular weight excluding hydrogens is 330 g/mol. The molecule has 0 saturated carbocycles. The molecule has 1 N–H and O–H groups in total. The third-order valence-electron chi connectivity index (χ3n) is 3.58. The van der Waals surface area contributed by atoms with Crippen molar-refractivity contribution in [2.24, 2.45) is 0 Å². The number of rotatable bonds is 7. The lowest BCUT2D eigenvalue weighted by molar-refractivity contribution is -0.148. The molecule has 0 fully saturated rings. The lowest BCUT2D eigenvalue weighted by Crippen LogP contribution is -2.29. The van der Waals surface area contributed by atoms with Crippen molar-refractivity contribution in [3.8, 4) is 5.75 Å². The van der Waals surface area contributed by atoms with Gasteiger partial charge in [0.2, 0.25) is 0 Å². The molecule has 0 aliphatic carbocycles. The molecule has 5 heteroatoms. The number of hydrogen-bond donors (Lipinski definition) is 1. The van der Waals surface area contributed by atoms with Crippen molar-refractivity contribution in [1.29, 1.82) is 0 Å². The van der Waals surface area contributed by atoms with E-state index in [4.69, 9.17) is 9.47 Å². The first-order valence-electron chi connectivity index (χ1n) is 8.47. The van der Waals surface area contributed by atoms with Crippen LogP contribution in [0.3, 0.4) is 0 Å². The van der Waals surface area contributed by atoms with Gasteiger partial charge < -0.3 is 14.8 Å². The number of carbonyl (C=O) groups is 2. The Labute approximate surface area is 153 Å². The molecule has 1 amide bonds. The minimum Gasteiger partial charge on any atom is -0.494 e. The van der Waals surface area contributed by atoms with E-state index in [0.717, 1.165) is 16.9 Å². The fourth-order valence-electron chi connectivity index (χ4n) is 2.15. The monoisotopic (exact) mass is 353 g/mol. The Morgan fingerprint density at radius 1 is 1.08 bits per heavy atom. The van der Waals surface area contributed by atoms with Crippen LogP contribution in [0.15, 0.2) is 54.6 Å². The number of esters is 1. The Hall–Kier alpha value is -3.08. The van der Waals surface area contributed by atoms with Crippen LogP contribution in [-0.2, 0) is 14.3 Å². The summed E-state index contributed by atoms with van der Waals surface area (Å²) >= 11 is 0. The Morgan fingerprint density at radius 2 is 1.73 bits per heavy atom. The van der Waals surface area contributed by atoms with Gasteiger partial charge in [-0.1, -0.05) is 29.8 Å². The van der Waals surface area contributed by atoms with E-state index in [0.29, 0.717) is 12.3 Å². The van der Waals surface area contributed by atoms with E-state index in [1.165, 1.54) is 13.0 Å². The molecule has 2 aromatic rings. The maximum atomic E-state index is 12.1. The van der Waals surface area contributed by atoms with Crippen LogP contribution in [0.2, 0.25) is 0 Å². The van der Waals surface area contributed by atoms with Crippen LogP contribution in [0.5, 0.6) is 5.75 Å². The number of hydrogen-bond acceptors (Lipinski definition) is 4. The van der Waals surface area contributed by atoms with Gasteiger partial charge in [-0.3, -0.25) is 4.79 Å². The van der Waals surface area contributed by atoms with E-state index < -0.39 is 18.0 Å². The summed E-state index contributed by atoms with van der Waals surface area (Å²) in [7, 11) is 0. The zero-order valence-electron chi connectivity index (χ0n) is 15.2. The Balaban J connectivity index is 1.85. The van der Waals surface area contributed by atoms with Crippen molar-refractivity contribution in [3.63, 3.8) is 0 Å². The highest BCUT2D eigenvalue weighted by Crippen LogP contribution is 2.16. The molecule has 0 heterocycles. The summed E-state index contributed by atoms with van der Waals surface area (Å²) in [6.45, 7) is 6.00. The fraction of sp³-hybridized carbons (Fsp3) is 0.238. The molecule has 0 aromatic heterocycles. The van der Waals surface area contributed by atoms with Crippen molar-refractivity contribution in [2.45, 2.75) is 26.9 Å². The first-order chi connectivity index (χ1) is 12.5. The van der Waals surface area contributed by atoms with Crippen molar-refractivity contribution in [2.75, 3.05) is 11.9 Å². The van der Waals surface area contributed by atoms with E-state index in [-0.39, 0.29) is 0 Å². The van der Waals surface area contributed by atoms with Crippen LogP contribution in [0.4, 0.5) is 5.69 Å². The molecule has 0 aliphatic rings. The summed E-state index contributed by atoms with van der Waals surface area (Å²) in [5.74, 6) is -0.239. The number of nitrogens with one attached hydrogen (secondary N) is 1. The maximum Gasteiger partial charge on any atom is 0.331 e. The van der Waals surface area contributed by atoms with Gasteiger partial charge in [0.15, 0.2) is 6.10 Å². The Morgan fingerprint density at radius 3 is 2.35 bits per heavy atom. The van der Waals surface area contributed by atoms with Crippen LogP contribution in [0.25, 0.3) is 6.08 Å². The third-order valence-corrected chi connectivity index (χ3v) is 3.58. The van der Waals surface area contributed by atoms with Crippen molar-refractivity contribution < 1.29 is 19.1 Å². The van der Waals surface area contributed by atoms with E-state index >= 15 is 0 Å². The number of anilines is 1. The van der Waals surface area contributed by atoms with E-state index in [2.05, 4.69) is 5.32 Å². The second-order valence-electron chi connectivity index (χ2n) is 5.77. The lowest BCUT2D eigenvalue weighted by Gasteiger charge is -2.12. The molecular formula is C21H23NO4. The summed E-state index contributed by atoms with van der Waals surface area (Å²) in [5, 5.41) is 2.70. The number of benzene rings is 2. The fourth-order valence-corrected chi connectivity index (χ4v) is 2.15. The minimum absolute atomic E-state index is 0.397. The number of amides is 1. The van der Waals surface area contributed by atoms with Gasteiger partial charge >= 0.3 is 5.97 Å². The maximum absolute atomic E-state index is 12.1. The number of aryl methyl sites for hydroxylation is 1. The highest BCUT2D eigenvalue weighted by molar-refractivity contribution is 5.96. The smallest absolute Gasteiger partial charge is 0.331 e. The zero-order valence-corrected chi connectivity index (χ0v) is 15.2. The first-order valence-corrected chi connectivity index (χ1v) is 8.47. The SMILES string of the molecule is CCOc1ccc(NC(=O)[C@H](C)OC(=O)/C=C/c2ccc(C)cc2)cc1. The largest absolute Gasteiger partial charge is 0.494 e. The molecule has 0 spiro atoms. The second-order valence-corrected chi connectivity index (χ2v) is 5.77. The summed E-state index contributed by atoms with van der Waals surface area (Å²) in [6.07, 6.45) is 2.06. The molecule has 0 saturated heterocycles. The van der Waals surface area contributed by atoms with Gasteiger partial charge in [0.25, 0.3) is 5.91 Å². The van der Waals surface area contributed by atoms with Crippen LogP contribution >= 0.6 is 0 Å². The van der Waals surface area contributed by atoms with Gasteiger partial charge in [-0.15, -0.1) is 0 Å². The highest BCUT2D eigenvalue weighted by atomic mass is 16.5. The minimum atomic E-state index is -0.906. The van der Waals surface area contributed by atoms with Gasteiger partial charge in [0.1, 0.15) is 5.75 Å². The van der Waals surface area contributed by atoms with E-state index in [1.807, 2.05) is 38.1 Å². The van der Waals surface area contributed by atoms with E-state index in [9.17, 15) is 9.59 Å². The van der Waals surface area contributed by atoms with Gasteiger partial charge in [-0.05, 0) is 56.7 Å². The van der Waals surface area contributed by atoms with Gasteiger partial charge in [-0.25, -0.2) is 4.79 Å². The standard InChI is InChI=1S/C21H23NO4/c1-4-25-19-12-10-18(11-13-19)22-21(24)16(3)26-20(23)14-9-17-7-5-15(2)6-8-17/h5-14,16H,4H2,1-3H3,(H,22,24)/b14-9+/t16-/m0/s1. The van der Waals surface area contributed by atoms with Crippen molar-refractivity contribution in [3.05, 3.63) is 65.7 Å². The molecule has 0 bridgehead atoms. The molecule has 0 unspecified atom stereocenters.